The van der Waals surface area contributed by atoms with Crippen molar-refractivity contribution in [2.75, 3.05) is 19.6 Å². The van der Waals surface area contributed by atoms with Gasteiger partial charge in [-0.3, -0.25) is 0 Å². The Labute approximate surface area is 127 Å². The lowest BCUT2D eigenvalue weighted by Gasteiger charge is -2.29. The molecule has 1 N–H and O–H groups in total. The standard InChI is InChI=1S/C12H19BrN2O2S2/c1-10(9-15-6-3-2-4-7-15)14-19(16,17)12-11(13)5-8-18-12/h5,8,10,14H,2-4,6-7,9H2,1H3. The average Bonchev–Trinajstić information content (AvgIpc) is 2.76. The van der Waals surface area contributed by atoms with Crippen LogP contribution in [0.15, 0.2) is 20.1 Å². The molecule has 0 bridgehead atoms. The molecule has 1 saturated heterocycles. The van der Waals surface area contributed by atoms with Gasteiger partial charge in [-0.15, -0.1) is 11.3 Å². The third kappa shape index (κ3) is 4.26. The number of thiophene rings is 1. The predicted octanol–water partition coefficient (Wildman–Crippen LogP) is 2.66. The monoisotopic (exact) mass is 366 g/mol. The first kappa shape index (κ1) is 15.4. The third-order valence-electron chi connectivity index (χ3n) is 3.17. The number of piperidine rings is 1. The summed E-state index contributed by atoms with van der Waals surface area (Å²) in [4.78, 5) is 2.33. The Morgan fingerprint density at radius 1 is 1.42 bits per heavy atom. The Balaban J connectivity index is 1.94. The molecule has 1 aliphatic rings. The molecule has 1 aliphatic heterocycles. The lowest BCUT2D eigenvalue weighted by Crippen LogP contribution is -2.43. The SMILES string of the molecule is CC(CN1CCCCC1)NS(=O)(=O)c1sccc1Br. The van der Waals surface area contributed by atoms with Crippen LogP contribution >= 0.6 is 27.3 Å². The lowest BCUT2D eigenvalue weighted by atomic mass is 10.1. The van der Waals surface area contributed by atoms with Gasteiger partial charge in [0.1, 0.15) is 4.21 Å². The van der Waals surface area contributed by atoms with Gasteiger partial charge in [0.2, 0.25) is 0 Å². The van der Waals surface area contributed by atoms with Gasteiger partial charge >= 0.3 is 0 Å². The molecule has 0 aliphatic carbocycles. The predicted molar refractivity (Wildman–Crippen MR) is 82.1 cm³/mol. The van der Waals surface area contributed by atoms with Gasteiger partial charge in [0, 0.05) is 17.1 Å². The summed E-state index contributed by atoms with van der Waals surface area (Å²) >= 11 is 4.50. The van der Waals surface area contributed by atoms with Gasteiger partial charge in [-0.2, -0.15) is 0 Å². The maximum atomic E-state index is 12.2. The van der Waals surface area contributed by atoms with Crippen LogP contribution in [0.5, 0.6) is 0 Å². The van der Waals surface area contributed by atoms with E-state index in [9.17, 15) is 8.42 Å². The zero-order chi connectivity index (χ0) is 13.9. The first-order valence-corrected chi connectivity index (χ1v) is 9.62. The van der Waals surface area contributed by atoms with Crippen molar-refractivity contribution in [1.29, 1.82) is 0 Å². The normalized spacial score (nSPS) is 19.5. The van der Waals surface area contributed by atoms with E-state index >= 15 is 0 Å². The zero-order valence-corrected chi connectivity index (χ0v) is 14.2. The van der Waals surface area contributed by atoms with Crippen molar-refractivity contribution in [1.82, 2.24) is 9.62 Å². The van der Waals surface area contributed by atoms with Crippen LogP contribution in [-0.2, 0) is 10.0 Å². The quantitative estimate of drug-likeness (QED) is 0.871. The molecule has 0 saturated carbocycles. The second kappa shape index (κ2) is 6.67. The molecule has 108 valence electrons. The van der Waals surface area contributed by atoms with Crippen molar-refractivity contribution in [3.63, 3.8) is 0 Å². The second-order valence-corrected chi connectivity index (χ2v) is 8.62. The minimum atomic E-state index is -3.40. The summed E-state index contributed by atoms with van der Waals surface area (Å²) in [6.45, 7) is 4.86. The molecule has 7 heteroatoms. The molecular weight excluding hydrogens is 348 g/mol. The van der Waals surface area contributed by atoms with Crippen molar-refractivity contribution in [3.8, 4) is 0 Å². The molecule has 0 amide bonds. The minimum absolute atomic E-state index is 0.0721. The number of sulfonamides is 1. The van der Waals surface area contributed by atoms with Gasteiger partial charge in [0.25, 0.3) is 10.0 Å². The molecule has 0 radical (unpaired) electrons. The summed E-state index contributed by atoms with van der Waals surface area (Å²) in [6, 6.07) is 1.69. The lowest BCUT2D eigenvalue weighted by molar-refractivity contribution is 0.215. The molecule has 19 heavy (non-hydrogen) atoms. The van der Waals surface area contributed by atoms with E-state index in [0.29, 0.717) is 8.68 Å². The molecule has 0 spiro atoms. The summed E-state index contributed by atoms with van der Waals surface area (Å²) < 4.78 is 28.2. The van der Waals surface area contributed by atoms with E-state index in [4.69, 9.17) is 0 Å². The van der Waals surface area contributed by atoms with E-state index < -0.39 is 10.0 Å². The molecule has 0 aromatic carbocycles. The highest BCUT2D eigenvalue weighted by Crippen LogP contribution is 2.27. The van der Waals surface area contributed by atoms with Crippen molar-refractivity contribution in [2.24, 2.45) is 0 Å². The van der Waals surface area contributed by atoms with Gasteiger partial charge in [0.05, 0.1) is 0 Å². The maximum absolute atomic E-state index is 12.2. The van der Waals surface area contributed by atoms with E-state index in [2.05, 4.69) is 25.6 Å². The molecule has 4 nitrogen and oxygen atoms in total. The van der Waals surface area contributed by atoms with Crippen LogP contribution in [0.2, 0.25) is 0 Å². The summed E-state index contributed by atoms with van der Waals surface area (Å²) in [6.07, 6.45) is 3.73. The molecule has 1 fully saturated rings. The summed E-state index contributed by atoms with van der Waals surface area (Å²) in [7, 11) is -3.40. The average molecular weight is 367 g/mol. The number of rotatable bonds is 5. The smallest absolute Gasteiger partial charge is 0.251 e. The number of nitrogens with zero attached hydrogens (tertiary/aromatic N) is 1. The Bertz CT molecular complexity index is 510. The maximum Gasteiger partial charge on any atom is 0.251 e. The fourth-order valence-corrected chi connectivity index (χ4v) is 5.95. The molecule has 2 heterocycles. The fraction of sp³-hybridized carbons (Fsp3) is 0.667. The Hall–Kier alpha value is 0.0500. The van der Waals surface area contributed by atoms with Crippen molar-refractivity contribution < 1.29 is 8.42 Å². The fourth-order valence-electron chi connectivity index (χ4n) is 2.36. The first-order chi connectivity index (χ1) is 8.99. The van der Waals surface area contributed by atoms with Gasteiger partial charge in [-0.05, 0) is 60.2 Å². The van der Waals surface area contributed by atoms with Crippen LogP contribution in [0.1, 0.15) is 26.2 Å². The Morgan fingerprint density at radius 2 is 2.11 bits per heavy atom. The Kier molecular flexibility index (Phi) is 5.42. The number of halogens is 1. The summed E-state index contributed by atoms with van der Waals surface area (Å²) in [5.74, 6) is 0. The van der Waals surface area contributed by atoms with E-state index in [1.54, 1.807) is 11.4 Å². The number of likely N-dealkylation sites (tertiary alicyclic amines) is 1. The molecular formula is C12H19BrN2O2S2. The number of hydrogen-bond acceptors (Lipinski definition) is 4. The summed E-state index contributed by atoms with van der Waals surface area (Å²) in [5, 5.41) is 1.77. The van der Waals surface area contributed by atoms with E-state index in [0.717, 1.165) is 19.6 Å². The van der Waals surface area contributed by atoms with Crippen molar-refractivity contribution >= 4 is 37.3 Å². The highest BCUT2D eigenvalue weighted by atomic mass is 79.9. The highest BCUT2D eigenvalue weighted by Gasteiger charge is 2.23. The number of hydrogen-bond donors (Lipinski definition) is 1. The van der Waals surface area contributed by atoms with Gasteiger partial charge in [0.15, 0.2) is 0 Å². The van der Waals surface area contributed by atoms with Gasteiger partial charge in [-0.1, -0.05) is 6.42 Å². The molecule has 1 aromatic rings. The van der Waals surface area contributed by atoms with Crippen LogP contribution in [0.25, 0.3) is 0 Å². The van der Waals surface area contributed by atoms with E-state index in [1.165, 1.54) is 30.6 Å². The Morgan fingerprint density at radius 3 is 2.68 bits per heavy atom. The van der Waals surface area contributed by atoms with Crippen LogP contribution in [0.4, 0.5) is 0 Å². The van der Waals surface area contributed by atoms with E-state index in [-0.39, 0.29) is 6.04 Å². The van der Waals surface area contributed by atoms with E-state index in [1.807, 2.05) is 6.92 Å². The van der Waals surface area contributed by atoms with Crippen LogP contribution in [-0.4, -0.2) is 39.0 Å². The molecule has 1 atom stereocenters. The highest BCUT2D eigenvalue weighted by molar-refractivity contribution is 9.10. The largest absolute Gasteiger partial charge is 0.302 e. The van der Waals surface area contributed by atoms with Crippen molar-refractivity contribution in [2.45, 2.75) is 36.4 Å². The number of nitrogens with one attached hydrogen (secondary N) is 1. The zero-order valence-electron chi connectivity index (χ0n) is 10.9. The van der Waals surface area contributed by atoms with Gasteiger partial charge < -0.3 is 4.90 Å². The molecule has 2 rings (SSSR count). The summed E-state index contributed by atoms with van der Waals surface area (Å²) in [5.41, 5.74) is 0. The minimum Gasteiger partial charge on any atom is -0.302 e. The molecule has 1 aromatic heterocycles. The topological polar surface area (TPSA) is 49.4 Å². The first-order valence-electron chi connectivity index (χ1n) is 6.47. The third-order valence-corrected chi connectivity index (χ3v) is 7.43. The van der Waals surface area contributed by atoms with Crippen molar-refractivity contribution in [3.05, 3.63) is 15.9 Å². The van der Waals surface area contributed by atoms with Crippen LogP contribution < -0.4 is 4.72 Å². The van der Waals surface area contributed by atoms with Crippen LogP contribution in [0.3, 0.4) is 0 Å². The molecule has 1 unspecified atom stereocenters. The second-order valence-electron chi connectivity index (χ2n) is 4.94. The van der Waals surface area contributed by atoms with Gasteiger partial charge in [-0.25, -0.2) is 13.1 Å². The van der Waals surface area contributed by atoms with Crippen LogP contribution in [0, 0.1) is 0 Å².